The van der Waals surface area contributed by atoms with Crippen LogP contribution in [-0.2, 0) is 0 Å². The van der Waals surface area contributed by atoms with E-state index in [1.165, 1.54) is 19.3 Å². The van der Waals surface area contributed by atoms with Crippen molar-refractivity contribution >= 4 is 17.4 Å². The first-order valence-electron chi connectivity index (χ1n) is 6.78. The highest BCUT2D eigenvalue weighted by Gasteiger charge is 2.54. The van der Waals surface area contributed by atoms with Crippen LogP contribution in [0, 0.1) is 0 Å². The Morgan fingerprint density at radius 3 is 2.22 bits per heavy atom. The SMILES string of the molecule is O=C(c1ccc(Cl)cc1)C1(N2CCCCC2)CC1. The number of piperidine rings is 1. The predicted octanol–water partition coefficient (Wildman–Crippen LogP) is 3.54. The van der Waals surface area contributed by atoms with E-state index < -0.39 is 0 Å². The lowest BCUT2D eigenvalue weighted by Gasteiger charge is -2.34. The first-order chi connectivity index (χ1) is 8.72. The molecule has 1 aromatic rings. The molecule has 1 saturated heterocycles. The van der Waals surface area contributed by atoms with Gasteiger partial charge < -0.3 is 0 Å². The fourth-order valence-corrected chi connectivity index (χ4v) is 3.12. The number of likely N-dealkylation sites (tertiary alicyclic amines) is 1. The molecular formula is C15H18ClNO. The summed E-state index contributed by atoms with van der Waals surface area (Å²) in [4.78, 5) is 15.1. The minimum atomic E-state index is -0.172. The standard InChI is InChI=1S/C15H18ClNO/c16-13-6-4-12(5-7-13)14(18)15(8-9-15)17-10-2-1-3-11-17/h4-7H,1-3,8-11H2. The smallest absolute Gasteiger partial charge is 0.183 e. The lowest BCUT2D eigenvalue weighted by Crippen LogP contribution is -2.46. The van der Waals surface area contributed by atoms with Gasteiger partial charge in [-0.25, -0.2) is 0 Å². The molecule has 0 spiro atoms. The molecule has 1 aliphatic heterocycles. The normalized spacial score (nSPS) is 22.7. The van der Waals surface area contributed by atoms with Gasteiger partial charge in [0.2, 0.25) is 0 Å². The molecule has 0 atom stereocenters. The Kier molecular flexibility index (Phi) is 3.16. The minimum absolute atomic E-state index is 0.172. The third-order valence-electron chi connectivity index (χ3n) is 4.21. The van der Waals surface area contributed by atoms with E-state index in [1.54, 1.807) is 12.1 Å². The first kappa shape index (κ1) is 12.2. The topological polar surface area (TPSA) is 20.3 Å². The second-order valence-corrected chi connectivity index (χ2v) is 5.85. The molecule has 0 aromatic heterocycles. The van der Waals surface area contributed by atoms with E-state index in [-0.39, 0.29) is 5.54 Å². The summed E-state index contributed by atoms with van der Waals surface area (Å²) in [6.45, 7) is 2.17. The number of halogens is 1. The molecule has 2 nitrogen and oxygen atoms in total. The van der Waals surface area contributed by atoms with E-state index in [0.29, 0.717) is 10.8 Å². The summed E-state index contributed by atoms with van der Waals surface area (Å²) < 4.78 is 0. The van der Waals surface area contributed by atoms with Gasteiger partial charge in [0.05, 0.1) is 5.54 Å². The maximum atomic E-state index is 12.7. The highest BCUT2D eigenvalue weighted by Crippen LogP contribution is 2.45. The molecule has 1 saturated carbocycles. The molecule has 3 heteroatoms. The van der Waals surface area contributed by atoms with Crippen LogP contribution < -0.4 is 0 Å². The van der Waals surface area contributed by atoms with Gasteiger partial charge in [-0.3, -0.25) is 9.69 Å². The van der Waals surface area contributed by atoms with E-state index >= 15 is 0 Å². The molecule has 0 unspecified atom stereocenters. The van der Waals surface area contributed by atoms with Crippen molar-refractivity contribution < 1.29 is 4.79 Å². The zero-order chi connectivity index (χ0) is 12.6. The van der Waals surface area contributed by atoms with E-state index in [2.05, 4.69) is 4.90 Å². The number of Topliss-reactive ketones (excluding diaryl/α,β-unsaturated/α-hetero) is 1. The molecule has 1 aromatic carbocycles. The first-order valence-corrected chi connectivity index (χ1v) is 7.16. The van der Waals surface area contributed by atoms with E-state index in [9.17, 15) is 4.79 Å². The van der Waals surface area contributed by atoms with Crippen molar-refractivity contribution in [3.8, 4) is 0 Å². The van der Waals surface area contributed by atoms with Crippen LogP contribution in [0.1, 0.15) is 42.5 Å². The van der Waals surface area contributed by atoms with Gasteiger partial charge in [-0.15, -0.1) is 0 Å². The fourth-order valence-electron chi connectivity index (χ4n) is 3.00. The number of carbonyl (C=O) groups excluding carboxylic acids is 1. The summed E-state index contributed by atoms with van der Waals surface area (Å²) in [5, 5.41) is 0.689. The van der Waals surface area contributed by atoms with Crippen LogP contribution in [-0.4, -0.2) is 29.3 Å². The van der Waals surface area contributed by atoms with Gasteiger partial charge in [-0.1, -0.05) is 18.0 Å². The molecular weight excluding hydrogens is 246 g/mol. The Bertz CT molecular complexity index is 444. The van der Waals surface area contributed by atoms with E-state index in [4.69, 9.17) is 11.6 Å². The Morgan fingerprint density at radius 2 is 1.67 bits per heavy atom. The van der Waals surface area contributed by atoms with Crippen LogP contribution >= 0.6 is 11.6 Å². The lowest BCUT2D eigenvalue weighted by molar-refractivity contribution is 0.0736. The summed E-state index contributed by atoms with van der Waals surface area (Å²) in [6.07, 6.45) is 5.82. The fraction of sp³-hybridized carbons (Fsp3) is 0.533. The monoisotopic (exact) mass is 263 g/mol. The summed E-state index contributed by atoms with van der Waals surface area (Å²) >= 11 is 5.87. The quantitative estimate of drug-likeness (QED) is 0.778. The van der Waals surface area contributed by atoms with Crippen molar-refractivity contribution in [3.63, 3.8) is 0 Å². The number of rotatable bonds is 3. The maximum Gasteiger partial charge on any atom is 0.183 e. The van der Waals surface area contributed by atoms with E-state index in [0.717, 1.165) is 31.5 Å². The third kappa shape index (κ3) is 2.08. The summed E-state index contributed by atoms with van der Waals surface area (Å²) in [5.41, 5.74) is 0.635. The van der Waals surface area contributed by atoms with Crippen molar-refractivity contribution in [1.29, 1.82) is 0 Å². The molecule has 3 rings (SSSR count). The molecule has 96 valence electrons. The largest absolute Gasteiger partial charge is 0.292 e. The Balaban J connectivity index is 1.81. The molecule has 1 heterocycles. The van der Waals surface area contributed by atoms with Gasteiger partial charge in [0.1, 0.15) is 0 Å². The van der Waals surface area contributed by atoms with Crippen molar-refractivity contribution in [3.05, 3.63) is 34.9 Å². The average Bonchev–Trinajstić information content (AvgIpc) is 3.21. The molecule has 0 N–H and O–H groups in total. The number of hydrogen-bond acceptors (Lipinski definition) is 2. The van der Waals surface area contributed by atoms with Gasteiger partial charge in [0, 0.05) is 10.6 Å². The Labute approximate surface area is 113 Å². The Hall–Kier alpha value is -0.860. The summed E-state index contributed by atoms with van der Waals surface area (Å²) in [6, 6.07) is 7.32. The van der Waals surface area contributed by atoms with Gasteiger partial charge in [0.15, 0.2) is 5.78 Å². The van der Waals surface area contributed by atoms with Gasteiger partial charge in [-0.05, 0) is 63.0 Å². The molecule has 1 aliphatic carbocycles. The molecule has 0 bridgehead atoms. The lowest BCUT2D eigenvalue weighted by atomic mass is 9.98. The van der Waals surface area contributed by atoms with Gasteiger partial charge in [-0.2, -0.15) is 0 Å². The Morgan fingerprint density at radius 1 is 1.06 bits per heavy atom. The van der Waals surface area contributed by atoms with Crippen LogP contribution in [0.5, 0.6) is 0 Å². The number of ketones is 1. The predicted molar refractivity (Wildman–Crippen MR) is 73.2 cm³/mol. The number of hydrogen-bond donors (Lipinski definition) is 0. The number of nitrogens with zero attached hydrogens (tertiary/aromatic N) is 1. The number of benzene rings is 1. The molecule has 2 fully saturated rings. The molecule has 0 amide bonds. The average molecular weight is 264 g/mol. The highest BCUT2D eigenvalue weighted by atomic mass is 35.5. The molecule has 2 aliphatic rings. The third-order valence-corrected chi connectivity index (χ3v) is 4.47. The van der Waals surface area contributed by atoms with Crippen LogP contribution in [0.2, 0.25) is 5.02 Å². The molecule has 0 radical (unpaired) electrons. The second kappa shape index (κ2) is 4.67. The van der Waals surface area contributed by atoms with Crippen molar-refractivity contribution in [2.24, 2.45) is 0 Å². The minimum Gasteiger partial charge on any atom is -0.292 e. The van der Waals surface area contributed by atoms with Crippen LogP contribution in [0.3, 0.4) is 0 Å². The van der Waals surface area contributed by atoms with Crippen molar-refractivity contribution in [1.82, 2.24) is 4.90 Å². The van der Waals surface area contributed by atoms with Crippen LogP contribution in [0.25, 0.3) is 0 Å². The van der Waals surface area contributed by atoms with Gasteiger partial charge >= 0.3 is 0 Å². The summed E-state index contributed by atoms with van der Waals surface area (Å²) in [5.74, 6) is 0.293. The molecule has 18 heavy (non-hydrogen) atoms. The highest BCUT2D eigenvalue weighted by molar-refractivity contribution is 6.30. The zero-order valence-electron chi connectivity index (χ0n) is 10.5. The van der Waals surface area contributed by atoms with Crippen LogP contribution in [0.15, 0.2) is 24.3 Å². The summed E-state index contributed by atoms with van der Waals surface area (Å²) in [7, 11) is 0. The van der Waals surface area contributed by atoms with Crippen molar-refractivity contribution in [2.75, 3.05) is 13.1 Å². The maximum absolute atomic E-state index is 12.7. The van der Waals surface area contributed by atoms with Gasteiger partial charge in [0.25, 0.3) is 0 Å². The second-order valence-electron chi connectivity index (χ2n) is 5.42. The van der Waals surface area contributed by atoms with E-state index in [1.807, 2.05) is 12.1 Å². The van der Waals surface area contributed by atoms with Crippen LogP contribution in [0.4, 0.5) is 0 Å². The zero-order valence-corrected chi connectivity index (χ0v) is 11.2. The van der Waals surface area contributed by atoms with Crippen molar-refractivity contribution in [2.45, 2.75) is 37.6 Å². The number of carbonyl (C=O) groups is 1.